The first kappa shape index (κ1) is 14.6. The fraction of sp³-hybridized carbons (Fsp3) is 0.700. The van der Waals surface area contributed by atoms with Crippen molar-refractivity contribution in [2.24, 2.45) is 11.8 Å². The minimum absolute atomic E-state index is 0.371. The van der Waals surface area contributed by atoms with Crippen LogP contribution in [-0.2, 0) is 14.4 Å². The minimum atomic E-state index is -1.39. The number of aliphatic hydroxyl groups excluding tert-OH is 1. The largest absolute Gasteiger partial charge is 0.480 e. The molecule has 0 heterocycles. The van der Waals surface area contributed by atoms with Crippen LogP contribution in [0.5, 0.6) is 0 Å². The highest BCUT2D eigenvalue weighted by molar-refractivity contribution is 5.92. The number of rotatable bonds is 6. The molecule has 1 amide bonds. The summed E-state index contributed by atoms with van der Waals surface area (Å²) in [4.78, 5) is 32.9. The van der Waals surface area contributed by atoms with E-state index >= 15 is 0 Å². The van der Waals surface area contributed by atoms with Crippen molar-refractivity contribution in [3.05, 3.63) is 0 Å². The lowest BCUT2D eigenvalue weighted by atomic mass is 9.94. The Kier molecular flexibility index (Phi) is 5.66. The van der Waals surface area contributed by atoms with E-state index in [-0.39, 0.29) is 5.92 Å². The third-order valence-electron chi connectivity index (χ3n) is 2.16. The number of hydrogen-bond donors (Lipinski definition) is 3. The molecule has 0 aromatic carbocycles. The molecule has 0 aliphatic rings. The topological polar surface area (TPSA) is 104 Å². The van der Waals surface area contributed by atoms with Crippen LogP contribution in [-0.4, -0.2) is 40.5 Å². The fourth-order valence-corrected chi connectivity index (χ4v) is 1.06. The maximum atomic E-state index is 11.4. The SMILES string of the molecule is CC(C)C(=O)C(O)C(C)C(=O)NCC(=O)O. The molecule has 0 aromatic heterocycles. The van der Waals surface area contributed by atoms with Crippen LogP contribution >= 0.6 is 0 Å². The van der Waals surface area contributed by atoms with Crippen molar-refractivity contribution in [3.8, 4) is 0 Å². The van der Waals surface area contributed by atoms with Crippen molar-refractivity contribution in [2.45, 2.75) is 26.9 Å². The molecule has 0 aliphatic carbocycles. The van der Waals surface area contributed by atoms with Gasteiger partial charge in [-0.1, -0.05) is 20.8 Å². The number of nitrogens with one attached hydrogen (secondary N) is 1. The Bertz CT molecular complexity index is 287. The molecule has 2 unspecified atom stereocenters. The van der Waals surface area contributed by atoms with Gasteiger partial charge < -0.3 is 15.5 Å². The van der Waals surface area contributed by atoms with Gasteiger partial charge in [-0.05, 0) is 0 Å². The highest BCUT2D eigenvalue weighted by Crippen LogP contribution is 2.09. The molecule has 0 rings (SSSR count). The Hall–Kier alpha value is -1.43. The molecule has 0 saturated carbocycles. The van der Waals surface area contributed by atoms with Gasteiger partial charge >= 0.3 is 5.97 Å². The van der Waals surface area contributed by atoms with Crippen LogP contribution in [0.2, 0.25) is 0 Å². The minimum Gasteiger partial charge on any atom is -0.480 e. The van der Waals surface area contributed by atoms with Crippen LogP contribution in [0.25, 0.3) is 0 Å². The first-order valence-corrected chi connectivity index (χ1v) is 4.98. The average molecular weight is 231 g/mol. The molecule has 3 N–H and O–H groups in total. The van der Waals surface area contributed by atoms with Gasteiger partial charge in [-0.15, -0.1) is 0 Å². The second-order valence-corrected chi connectivity index (χ2v) is 3.90. The summed E-state index contributed by atoms with van der Waals surface area (Å²) >= 11 is 0. The Morgan fingerprint density at radius 1 is 1.19 bits per heavy atom. The van der Waals surface area contributed by atoms with Gasteiger partial charge in [0.05, 0.1) is 5.92 Å². The van der Waals surface area contributed by atoms with E-state index in [0.717, 1.165) is 0 Å². The van der Waals surface area contributed by atoms with Gasteiger partial charge in [0.1, 0.15) is 12.6 Å². The van der Waals surface area contributed by atoms with Crippen molar-refractivity contribution in [2.75, 3.05) is 6.54 Å². The summed E-state index contributed by atoms with van der Waals surface area (Å²) in [6, 6.07) is 0. The molecule has 0 fully saturated rings. The summed E-state index contributed by atoms with van der Waals surface area (Å²) in [5.41, 5.74) is 0. The maximum absolute atomic E-state index is 11.4. The maximum Gasteiger partial charge on any atom is 0.322 e. The Balaban J connectivity index is 4.32. The van der Waals surface area contributed by atoms with Gasteiger partial charge in [0.2, 0.25) is 5.91 Å². The van der Waals surface area contributed by atoms with Gasteiger partial charge in [0.25, 0.3) is 0 Å². The number of carbonyl (C=O) groups excluding carboxylic acids is 2. The lowest BCUT2D eigenvalue weighted by molar-refractivity contribution is -0.142. The van der Waals surface area contributed by atoms with E-state index in [9.17, 15) is 19.5 Å². The summed E-state index contributed by atoms with van der Waals surface area (Å²) in [5, 5.41) is 20.0. The van der Waals surface area contributed by atoms with E-state index in [2.05, 4.69) is 5.32 Å². The van der Waals surface area contributed by atoms with Crippen molar-refractivity contribution >= 4 is 17.7 Å². The van der Waals surface area contributed by atoms with E-state index in [1.54, 1.807) is 13.8 Å². The number of aliphatic carboxylic acids is 1. The predicted octanol–water partition coefficient (Wildman–Crippen LogP) is -0.591. The number of aliphatic hydroxyl groups is 1. The third-order valence-corrected chi connectivity index (χ3v) is 2.16. The molecule has 6 heteroatoms. The third kappa shape index (κ3) is 4.39. The van der Waals surface area contributed by atoms with Crippen LogP contribution < -0.4 is 5.32 Å². The lowest BCUT2D eigenvalue weighted by Crippen LogP contribution is -2.42. The summed E-state index contributed by atoms with van der Waals surface area (Å²) in [6.45, 7) is 4.09. The quantitative estimate of drug-likeness (QED) is 0.567. The normalized spacial score (nSPS) is 14.3. The molecular weight excluding hydrogens is 214 g/mol. The number of amides is 1. The Morgan fingerprint density at radius 2 is 1.69 bits per heavy atom. The summed E-state index contributed by atoms with van der Waals surface area (Å²) in [6.07, 6.45) is -1.39. The van der Waals surface area contributed by atoms with E-state index in [4.69, 9.17) is 5.11 Å². The number of Topliss-reactive ketones (excluding diaryl/α,β-unsaturated/α-hetero) is 1. The Morgan fingerprint density at radius 3 is 2.06 bits per heavy atom. The fourth-order valence-electron chi connectivity index (χ4n) is 1.06. The smallest absolute Gasteiger partial charge is 0.322 e. The van der Waals surface area contributed by atoms with E-state index in [1.807, 2.05) is 0 Å². The molecule has 16 heavy (non-hydrogen) atoms. The monoisotopic (exact) mass is 231 g/mol. The molecule has 0 aromatic rings. The zero-order chi connectivity index (χ0) is 12.9. The van der Waals surface area contributed by atoms with Gasteiger partial charge in [-0.25, -0.2) is 0 Å². The summed E-state index contributed by atoms with van der Waals surface area (Å²) in [5.74, 6) is -3.58. The van der Waals surface area contributed by atoms with Crippen molar-refractivity contribution in [1.29, 1.82) is 0 Å². The standard InChI is InChI=1S/C10H17NO5/c1-5(2)8(14)9(15)6(3)10(16)11-4-7(12)13/h5-6,9,15H,4H2,1-3H3,(H,11,16)(H,12,13). The van der Waals surface area contributed by atoms with Gasteiger partial charge in [-0.2, -0.15) is 0 Å². The zero-order valence-corrected chi connectivity index (χ0v) is 9.56. The number of carboxylic acid groups (broad SMARTS) is 1. The number of carboxylic acids is 1. The van der Waals surface area contributed by atoms with Crippen molar-refractivity contribution < 1.29 is 24.6 Å². The van der Waals surface area contributed by atoms with Crippen LogP contribution in [0.15, 0.2) is 0 Å². The number of ketones is 1. The highest BCUT2D eigenvalue weighted by atomic mass is 16.4. The molecule has 92 valence electrons. The highest BCUT2D eigenvalue weighted by Gasteiger charge is 2.29. The van der Waals surface area contributed by atoms with Gasteiger partial charge in [0.15, 0.2) is 5.78 Å². The molecule has 0 spiro atoms. The van der Waals surface area contributed by atoms with Crippen molar-refractivity contribution in [1.82, 2.24) is 5.32 Å². The zero-order valence-electron chi connectivity index (χ0n) is 9.56. The lowest BCUT2D eigenvalue weighted by Gasteiger charge is -2.18. The molecule has 0 radical (unpaired) electrons. The molecule has 0 bridgehead atoms. The molecular formula is C10H17NO5. The average Bonchev–Trinajstić information content (AvgIpc) is 2.22. The number of hydrogen-bond acceptors (Lipinski definition) is 4. The predicted molar refractivity (Wildman–Crippen MR) is 55.7 cm³/mol. The van der Waals surface area contributed by atoms with Crippen molar-refractivity contribution in [3.63, 3.8) is 0 Å². The van der Waals surface area contributed by atoms with Crippen LogP contribution in [0.4, 0.5) is 0 Å². The number of carbonyl (C=O) groups is 3. The second-order valence-electron chi connectivity index (χ2n) is 3.90. The second kappa shape index (κ2) is 6.22. The van der Waals surface area contributed by atoms with E-state index < -0.39 is 36.2 Å². The van der Waals surface area contributed by atoms with E-state index in [0.29, 0.717) is 0 Å². The van der Waals surface area contributed by atoms with Gasteiger partial charge in [0, 0.05) is 5.92 Å². The first-order chi connectivity index (χ1) is 7.27. The van der Waals surface area contributed by atoms with E-state index in [1.165, 1.54) is 6.92 Å². The molecule has 0 aliphatic heterocycles. The molecule has 2 atom stereocenters. The molecule has 6 nitrogen and oxygen atoms in total. The molecule has 0 saturated heterocycles. The summed E-state index contributed by atoms with van der Waals surface area (Å²) < 4.78 is 0. The van der Waals surface area contributed by atoms with Crippen LogP contribution in [0.1, 0.15) is 20.8 Å². The summed E-state index contributed by atoms with van der Waals surface area (Å²) in [7, 11) is 0. The Labute approximate surface area is 93.6 Å². The van der Waals surface area contributed by atoms with Crippen LogP contribution in [0.3, 0.4) is 0 Å². The van der Waals surface area contributed by atoms with Gasteiger partial charge in [-0.3, -0.25) is 14.4 Å². The first-order valence-electron chi connectivity index (χ1n) is 4.98. The van der Waals surface area contributed by atoms with Crippen LogP contribution in [0, 0.1) is 11.8 Å².